The summed E-state index contributed by atoms with van der Waals surface area (Å²) in [5.74, 6) is -0.360. The van der Waals surface area contributed by atoms with E-state index in [1.54, 1.807) is 26.8 Å². The molecule has 1 heterocycles. The molecule has 108 valence electrons. The fourth-order valence-corrected chi connectivity index (χ4v) is 3.02. The van der Waals surface area contributed by atoms with Crippen molar-refractivity contribution in [1.82, 2.24) is 4.90 Å². The number of fused-ring (bicyclic) bond motifs is 1. The van der Waals surface area contributed by atoms with Gasteiger partial charge in [0, 0.05) is 9.50 Å². The monoisotopic (exact) mass is 359 g/mol. The maximum Gasteiger partial charge on any atom is 0.417 e. The molecule has 0 atom stereocenters. The van der Waals surface area contributed by atoms with Crippen molar-refractivity contribution in [2.75, 3.05) is 0 Å². The second-order valence-corrected chi connectivity index (χ2v) is 6.95. The molecule has 0 N–H and O–H groups in total. The van der Waals surface area contributed by atoms with E-state index in [2.05, 4.69) is 15.9 Å². The van der Waals surface area contributed by atoms with Gasteiger partial charge in [-0.05, 0) is 60.8 Å². The number of halogens is 2. The van der Waals surface area contributed by atoms with Crippen LogP contribution >= 0.6 is 27.5 Å². The molecule has 6 heteroatoms. The molecule has 0 fully saturated rings. The largest absolute Gasteiger partial charge is 0.443 e. The maximum atomic E-state index is 12.4. The fraction of sp³-hybridized carbons (Fsp3) is 0.429. The maximum absolute atomic E-state index is 12.4. The first-order valence-electron chi connectivity index (χ1n) is 6.14. The van der Waals surface area contributed by atoms with Crippen molar-refractivity contribution in [2.45, 2.75) is 39.8 Å². The molecule has 1 aliphatic heterocycles. The SMILES string of the molecule is Cc1c(Cl)cc(Br)c2c1CN(C(=O)OC(C)(C)C)C2=O. The molecular weight excluding hydrogens is 346 g/mol. The highest BCUT2D eigenvalue weighted by Crippen LogP contribution is 2.36. The predicted octanol–water partition coefficient (Wildman–Crippen LogP) is 4.30. The molecule has 1 aromatic rings. The van der Waals surface area contributed by atoms with Gasteiger partial charge in [0.2, 0.25) is 0 Å². The average Bonchev–Trinajstić information content (AvgIpc) is 2.62. The van der Waals surface area contributed by atoms with E-state index >= 15 is 0 Å². The molecule has 0 saturated carbocycles. The number of hydrogen-bond donors (Lipinski definition) is 0. The Morgan fingerprint density at radius 1 is 1.45 bits per heavy atom. The van der Waals surface area contributed by atoms with Crippen molar-refractivity contribution in [3.8, 4) is 0 Å². The van der Waals surface area contributed by atoms with Gasteiger partial charge in [0.1, 0.15) is 5.60 Å². The summed E-state index contributed by atoms with van der Waals surface area (Å²) >= 11 is 9.43. The van der Waals surface area contributed by atoms with Gasteiger partial charge in [-0.1, -0.05) is 11.6 Å². The molecule has 1 aromatic carbocycles. The van der Waals surface area contributed by atoms with Crippen LogP contribution in [0.4, 0.5) is 4.79 Å². The van der Waals surface area contributed by atoms with Crippen LogP contribution in [0, 0.1) is 6.92 Å². The van der Waals surface area contributed by atoms with Crippen LogP contribution in [-0.2, 0) is 11.3 Å². The third-order valence-electron chi connectivity index (χ3n) is 2.99. The number of nitrogens with zero attached hydrogens (tertiary/aromatic N) is 1. The fourth-order valence-electron chi connectivity index (χ4n) is 2.03. The van der Waals surface area contributed by atoms with Gasteiger partial charge in [-0.2, -0.15) is 0 Å². The van der Waals surface area contributed by atoms with E-state index in [0.29, 0.717) is 15.1 Å². The first-order chi connectivity index (χ1) is 9.11. The van der Waals surface area contributed by atoms with Gasteiger partial charge in [0.25, 0.3) is 5.91 Å². The highest BCUT2D eigenvalue weighted by molar-refractivity contribution is 9.10. The van der Waals surface area contributed by atoms with Crippen molar-refractivity contribution in [3.63, 3.8) is 0 Å². The second kappa shape index (κ2) is 5.04. The van der Waals surface area contributed by atoms with Crippen molar-refractivity contribution in [2.24, 2.45) is 0 Å². The number of imide groups is 1. The summed E-state index contributed by atoms with van der Waals surface area (Å²) in [7, 11) is 0. The lowest BCUT2D eigenvalue weighted by Gasteiger charge is -2.23. The quantitative estimate of drug-likeness (QED) is 0.693. The Balaban J connectivity index is 2.37. The minimum atomic E-state index is -0.643. The molecule has 0 bridgehead atoms. The number of rotatable bonds is 0. The van der Waals surface area contributed by atoms with Crippen molar-refractivity contribution in [1.29, 1.82) is 0 Å². The Labute approximate surface area is 131 Å². The van der Waals surface area contributed by atoms with E-state index in [1.165, 1.54) is 0 Å². The van der Waals surface area contributed by atoms with E-state index in [0.717, 1.165) is 16.0 Å². The molecule has 1 aliphatic rings. The van der Waals surface area contributed by atoms with E-state index in [-0.39, 0.29) is 12.5 Å². The van der Waals surface area contributed by atoms with Crippen LogP contribution in [0.2, 0.25) is 5.02 Å². The number of carbonyl (C=O) groups is 2. The molecule has 0 unspecified atom stereocenters. The van der Waals surface area contributed by atoms with Crippen LogP contribution in [0.5, 0.6) is 0 Å². The second-order valence-electron chi connectivity index (χ2n) is 5.69. The van der Waals surface area contributed by atoms with Gasteiger partial charge >= 0.3 is 6.09 Å². The molecule has 2 rings (SSSR count). The highest BCUT2D eigenvalue weighted by atomic mass is 79.9. The lowest BCUT2D eigenvalue weighted by Crippen LogP contribution is -2.36. The van der Waals surface area contributed by atoms with E-state index in [9.17, 15) is 9.59 Å². The Morgan fingerprint density at radius 2 is 2.05 bits per heavy atom. The zero-order valence-corrected chi connectivity index (χ0v) is 14.1. The molecule has 0 saturated heterocycles. The molecule has 4 nitrogen and oxygen atoms in total. The van der Waals surface area contributed by atoms with E-state index in [1.807, 2.05) is 6.92 Å². The predicted molar refractivity (Wildman–Crippen MR) is 80.0 cm³/mol. The molecule has 2 amide bonds. The highest BCUT2D eigenvalue weighted by Gasteiger charge is 2.37. The zero-order chi connectivity index (χ0) is 15.2. The average molecular weight is 361 g/mol. The first kappa shape index (κ1) is 15.3. The van der Waals surface area contributed by atoms with Crippen molar-refractivity contribution >= 4 is 39.5 Å². The van der Waals surface area contributed by atoms with Crippen LogP contribution in [0.25, 0.3) is 0 Å². The number of hydrogen-bond acceptors (Lipinski definition) is 3. The Hall–Kier alpha value is -1.07. The summed E-state index contributed by atoms with van der Waals surface area (Å²) in [6.45, 7) is 7.30. The van der Waals surface area contributed by atoms with Crippen LogP contribution in [0.3, 0.4) is 0 Å². The van der Waals surface area contributed by atoms with Crippen molar-refractivity contribution < 1.29 is 14.3 Å². The lowest BCUT2D eigenvalue weighted by molar-refractivity contribution is 0.0248. The first-order valence-corrected chi connectivity index (χ1v) is 7.31. The van der Waals surface area contributed by atoms with Crippen LogP contribution in [0.1, 0.15) is 42.3 Å². The standard InChI is InChI=1S/C14H15BrClNO3/c1-7-8-6-17(13(19)20-14(2,3)4)12(18)11(8)9(15)5-10(7)16/h5H,6H2,1-4H3. The minimum absolute atomic E-state index is 0.189. The number of carbonyl (C=O) groups excluding carboxylic acids is 2. The Bertz CT molecular complexity index is 607. The van der Waals surface area contributed by atoms with Gasteiger partial charge in [0.05, 0.1) is 12.1 Å². The molecular formula is C14H15BrClNO3. The summed E-state index contributed by atoms with van der Waals surface area (Å²) in [5, 5.41) is 0.564. The summed E-state index contributed by atoms with van der Waals surface area (Å²) in [5.41, 5.74) is 1.41. The Morgan fingerprint density at radius 3 is 2.60 bits per heavy atom. The number of amides is 2. The zero-order valence-electron chi connectivity index (χ0n) is 11.7. The normalized spacial score (nSPS) is 14.5. The lowest BCUT2D eigenvalue weighted by atomic mass is 10.0. The number of benzene rings is 1. The van der Waals surface area contributed by atoms with Gasteiger partial charge in [-0.3, -0.25) is 4.79 Å². The Kier molecular flexibility index (Phi) is 3.86. The van der Waals surface area contributed by atoms with Gasteiger partial charge in [0.15, 0.2) is 0 Å². The molecule has 0 radical (unpaired) electrons. The minimum Gasteiger partial charge on any atom is -0.443 e. The summed E-state index contributed by atoms with van der Waals surface area (Å²) in [4.78, 5) is 25.5. The van der Waals surface area contributed by atoms with Gasteiger partial charge in [-0.25, -0.2) is 9.69 Å². The van der Waals surface area contributed by atoms with E-state index in [4.69, 9.17) is 16.3 Å². The third-order valence-corrected chi connectivity index (χ3v) is 4.01. The van der Waals surface area contributed by atoms with Crippen LogP contribution in [-0.4, -0.2) is 22.5 Å². The summed E-state index contributed by atoms with van der Waals surface area (Å²) in [6.07, 6.45) is -0.638. The molecule has 0 aliphatic carbocycles. The van der Waals surface area contributed by atoms with Gasteiger partial charge < -0.3 is 4.74 Å². The third kappa shape index (κ3) is 2.69. The topological polar surface area (TPSA) is 46.6 Å². The molecule has 0 spiro atoms. The molecule has 20 heavy (non-hydrogen) atoms. The van der Waals surface area contributed by atoms with Crippen molar-refractivity contribution in [3.05, 3.63) is 32.3 Å². The summed E-state index contributed by atoms with van der Waals surface area (Å²) in [6, 6.07) is 1.67. The van der Waals surface area contributed by atoms with E-state index < -0.39 is 11.7 Å². The molecule has 0 aromatic heterocycles. The summed E-state index contributed by atoms with van der Waals surface area (Å²) < 4.78 is 5.85. The smallest absolute Gasteiger partial charge is 0.417 e. The number of ether oxygens (including phenoxy) is 1. The van der Waals surface area contributed by atoms with Crippen LogP contribution < -0.4 is 0 Å². The van der Waals surface area contributed by atoms with Crippen LogP contribution in [0.15, 0.2) is 10.5 Å². The van der Waals surface area contributed by atoms with Gasteiger partial charge in [-0.15, -0.1) is 0 Å².